The number of amides is 2. The predicted octanol–water partition coefficient (Wildman–Crippen LogP) is 1.19. The first kappa shape index (κ1) is 18.3. The van der Waals surface area contributed by atoms with Gasteiger partial charge < -0.3 is 20.1 Å². The number of nitrogens with one attached hydrogen (secondary N) is 2. The molecule has 1 rings (SSSR count). The van der Waals surface area contributed by atoms with Gasteiger partial charge in [0.05, 0.1) is 30.6 Å². The van der Waals surface area contributed by atoms with E-state index < -0.39 is 5.97 Å². The lowest BCUT2D eigenvalue weighted by atomic mass is 10.0. The zero-order valence-electron chi connectivity index (χ0n) is 13.1. The van der Waals surface area contributed by atoms with Crippen molar-refractivity contribution in [2.45, 2.75) is 33.2 Å². The van der Waals surface area contributed by atoms with E-state index in [0.717, 1.165) is 0 Å². The normalized spacial score (nSPS) is 17.6. The Bertz CT molecular complexity index is 464. The topological polar surface area (TPSA) is 93.7 Å². The Balaban J connectivity index is 2.83. The molecule has 0 radical (unpaired) electrons. The molecule has 1 atom stereocenters. The van der Waals surface area contributed by atoms with Crippen LogP contribution in [0.15, 0.2) is 11.3 Å². The van der Waals surface area contributed by atoms with Crippen LogP contribution in [0.2, 0.25) is 0 Å². The molecule has 7 nitrogen and oxygen atoms in total. The van der Waals surface area contributed by atoms with Gasteiger partial charge in [-0.1, -0.05) is 6.92 Å². The first-order chi connectivity index (χ1) is 10.5. The minimum absolute atomic E-state index is 0.160. The van der Waals surface area contributed by atoms with E-state index in [4.69, 9.17) is 9.47 Å². The standard InChI is InChI=1S/C14H22N2O5S/c1-4-9-12(13(18)21-6-3)10(16-14(19)15-9)7-22-8-11(17)20-5-2/h9H,4-8H2,1-3H3,(H2,15,16,19)/t9-/m0/s1. The molecule has 0 aliphatic carbocycles. The van der Waals surface area contributed by atoms with Crippen LogP contribution in [0.5, 0.6) is 0 Å². The molecule has 1 aliphatic rings. The lowest BCUT2D eigenvalue weighted by Crippen LogP contribution is -2.50. The second-order valence-electron chi connectivity index (χ2n) is 4.47. The van der Waals surface area contributed by atoms with Crippen LogP contribution in [-0.2, 0) is 19.1 Å². The van der Waals surface area contributed by atoms with E-state index in [9.17, 15) is 14.4 Å². The lowest BCUT2D eigenvalue weighted by molar-refractivity contribution is -0.140. The van der Waals surface area contributed by atoms with Gasteiger partial charge in [0, 0.05) is 11.4 Å². The number of rotatable bonds is 8. The number of hydrogen-bond donors (Lipinski definition) is 2. The fourth-order valence-electron chi connectivity index (χ4n) is 2.01. The number of ether oxygens (including phenoxy) is 2. The summed E-state index contributed by atoms with van der Waals surface area (Å²) in [5, 5.41) is 5.33. The van der Waals surface area contributed by atoms with E-state index in [2.05, 4.69) is 10.6 Å². The summed E-state index contributed by atoms with van der Waals surface area (Å²) in [4.78, 5) is 35.1. The van der Waals surface area contributed by atoms with Gasteiger partial charge in [-0.05, 0) is 20.3 Å². The number of carbonyl (C=O) groups excluding carboxylic acids is 3. The van der Waals surface area contributed by atoms with Gasteiger partial charge >= 0.3 is 18.0 Å². The maximum absolute atomic E-state index is 12.1. The fraction of sp³-hybridized carbons (Fsp3) is 0.643. The Hall–Kier alpha value is -1.70. The third kappa shape index (κ3) is 5.25. The van der Waals surface area contributed by atoms with Gasteiger partial charge in [-0.25, -0.2) is 9.59 Å². The highest BCUT2D eigenvalue weighted by molar-refractivity contribution is 8.00. The average Bonchev–Trinajstić information content (AvgIpc) is 2.47. The van der Waals surface area contributed by atoms with Gasteiger partial charge in [0.25, 0.3) is 0 Å². The fourth-order valence-corrected chi connectivity index (χ4v) is 2.80. The number of esters is 2. The van der Waals surface area contributed by atoms with Crippen LogP contribution in [0.1, 0.15) is 27.2 Å². The molecule has 8 heteroatoms. The van der Waals surface area contributed by atoms with Crippen LogP contribution in [0, 0.1) is 0 Å². The van der Waals surface area contributed by atoms with E-state index in [-0.39, 0.29) is 30.4 Å². The first-order valence-corrected chi connectivity index (χ1v) is 8.39. The van der Waals surface area contributed by atoms with Gasteiger partial charge in [0.1, 0.15) is 0 Å². The molecule has 0 fully saturated rings. The van der Waals surface area contributed by atoms with Crippen molar-refractivity contribution < 1.29 is 23.9 Å². The smallest absolute Gasteiger partial charge is 0.337 e. The minimum Gasteiger partial charge on any atom is -0.465 e. The highest BCUT2D eigenvalue weighted by Gasteiger charge is 2.31. The van der Waals surface area contributed by atoms with Gasteiger partial charge in [-0.2, -0.15) is 0 Å². The van der Waals surface area contributed by atoms with E-state index in [1.54, 1.807) is 13.8 Å². The number of hydrogen-bond acceptors (Lipinski definition) is 6. The SMILES string of the molecule is CCOC(=O)CSCC1=C(C(=O)OCC)[C@H](CC)NC(=O)N1. The summed E-state index contributed by atoms with van der Waals surface area (Å²) >= 11 is 1.28. The summed E-state index contributed by atoms with van der Waals surface area (Å²) < 4.78 is 9.90. The van der Waals surface area contributed by atoms with Gasteiger partial charge in [-0.3, -0.25) is 4.79 Å². The Morgan fingerprint density at radius 1 is 1.18 bits per heavy atom. The second kappa shape index (κ2) is 9.34. The Labute approximate surface area is 134 Å². The predicted molar refractivity (Wildman–Crippen MR) is 83.4 cm³/mol. The molecule has 0 aromatic rings. The molecule has 0 aromatic heterocycles. The summed E-state index contributed by atoms with van der Waals surface area (Å²) in [6.45, 7) is 5.93. The van der Waals surface area contributed by atoms with Crippen LogP contribution < -0.4 is 10.6 Å². The lowest BCUT2D eigenvalue weighted by Gasteiger charge is -2.28. The molecule has 124 valence electrons. The monoisotopic (exact) mass is 330 g/mol. The van der Waals surface area contributed by atoms with Crippen molar-refractivity contribution in [3.8, 4) is 0 Å². The van der Waals surface area contributed by atoms with E-state index >= 15 is 0 Å². The zero-order chi connectivity index (χ0) is 16.5. The highest BCUT2D eigenvalue weighted by atomic mass is 32.2. The molecule has 0 spiro atoms. The second-order valence-corrected chi connectivity index (χ2v) is 5.46. The highest BCUT2D eigenvalue weighted by Crippen LogP contribution is 2.20. The Morgan fingerprint density at radius 3 is 2.45 bits per heavy atom. The van der Waals surface area contributed by atoms with Crippen LogP contribution >= 0.6 is 11.8 Å². The Morgan fingerprint density at radius 2 is 1.86 bits per heavy atom. The third-order valence-electron chi connectivity index (χ3n) is 2.92. The molecular weight excluding hydrogens is 308 g/mol. The Kier molecular flexibility index (Phi) is 7.79. The molecule has 1 heterocycles. The molecular formula is C14H22N2O5S. The summed E-state index contributed by atoms with van der Waals surface area (Å²) in [6, 6.07) is -0.738. The average molecular weight is 330 g/mol. The quantitative estimate of drug-likeness (QED) is 0.649. The van der Waals surface area contributed by atoms with Gasteiger partial charge in [0.2, 0.25) is 0 Å². The van der Waals surface area contributed by atoms with Crippen molar-refractivity contribution in [1.29, 1.82) is 0 Å². The van der Waals surface area contributed by atoms with Crippen LogP contribution in [0.3, 0.4) is 0 Å². The third-order valence-corrected chi connectivity index (χ3v) is 3.85. The summed E-state index contributed by atoms with van der Waals surface area (Å²) in [5.41, 5.74) is 0.906. The van der Waals surface area contributed by atoms with Crippen LogP contribution in [-0.4, -0.2) is 48.7 Å². The van der Waals surface area contributed by atoms with Crippen molar-refractivity contribution in [3.05, 3.63) is 11.3 Å². The largest absolute Gasteiger partial charge is 0.465 e. The molecule has 0 saturated heterocycles. The molecule has 0 unspecified atom stereocenters. The molecule has 0 saturated carbocycles. The van der Waals surface area contributed by atoms with Gasteiger partial charge in [-0.15, -0.1) is 11.8 Å². The first-order valence-electron chi connectivity index (χ1n) is 7.24. The van der Waals surface area contributed by atoms with E-state index in [0.29, 0.717) is 30.1 Å². The van der Waals surface area contributed by atoms with E-state index in [1.165, 1.54) is 11.8 Å². The molecule has 1 aliphatic heterocycles. The summed E-state index contributed by atoms with van der Waals surface area (Å²) in [6.07, 6.45) is 0.577. The van der Waals surface area contributed by atoms with Crippen molar-refractivity contribution >= 4 is 29.7 Å². The molecule has 0 bridgehead atoms. The number of thioether (sulfide) groups is 1. The van der Waals surface area contributed by atoms with Crippen molar-refractivity contribution in [3.63, 3.8) is 0 Å². The van der Waals surface area contributed by atoms with Crippen LogP contribution in [0.25, 0.3) is 0 Å². The maximum atomic E-state index is 12.1. The molecule has 2 N–H and O–H groups in total. The number of carbonyl (C=O) groups is 3. The van der Waals surface area contributed by atoms with Crippen molar-refractivity contribution in [2.75, 3.05) is 24.7 Å². The molecule has 22 heavy (non-hydrogen) atoms. The molecule has 2 amide bonds. The summed E-state index contributed by atoms with van der Waals surface area (Å²) in [7, 11) is 0. The van der Waals surface area contributed by atoms with E-state index in [1.807, 2.05) is 6.92 Å². The zero-order valence-corrected chi connectivity index (χ0v) is 13.9. The number of urea groups is 1. The van der Waals surface area contributed by atoms with Gasteiger partial charge in [0.15, 0.2) is 0 Å². The maximum Gasteiger partial charge on any atom is 0.337 e. The van der Waals surface area contributed by atoms with Crippen molar-refractivity contribution in [1.82, 2.24) is 10.6 Å². The van der Waals surface area contributed by atoms with Crippen molar-refractivity contribution in [2.24, 2.45) is 0 Å². The molecule has 0 aromatic carbocycles. The summed E-state index contributed by atoms with van der Waals surface area (Å²) in [5.74, 6) is -0.281. The minimum atomic E-state index is -0.450. The van der Waals surface area contributed by atoms with Crippen LogP contribution in [0.4, 0.5) is 4.79 Å².